The summed E-state index contributed by atoms with van der Waals surface area (Å²) >= 11 is 0. The molecule has 0 aliphatic rings. The van der Waals surface area contributed by atoms with Crippen LogP contribution in [0.4, 0.5) is 5.69 Å². The van der Waals surface area contributed by atoms with E-state index in [0.717, 1.165) is 18.3 Å². The number of hydrazone groups is 1. The second kappa shape index (κ2) is 11.3. The number of phenols is 1. The van der Waals surface area contributed by atoms with Crippen molar-refractivity contribution in [1.82, 2.24) is 5.43 Å². The fraction of sp³-hybridized carbons (Fsp3) is 0.125. The highest BCUT2D eigenvalue weighted by Crippen LogP contribution is 2.38. The Bertz CT molecular complexity index is 1310. The summed E-state index contributed by atoms with van der Waals surface area (Å²) < 4.78 is 21.2. The lowest BCUT2D eigenvalue weighted by molar-refractivity contribution is -0.384. The van der Waals surface area contributed by atoms with E-state index in [-0.39, 0.29) is 51.1 Å². The molecule has 3 aromatic carbocycles. The Hall–Kier alpha value is -5.13. The number of nitrogens with zero attached hydrogens (tertiary/aromatic N) is 2. The van der Waals surface area contributed by atoms with E-state index in [2.05, 4.69) is 10.5 Å². The van der Waals surface area contributed by atoms with Gasteiger partial charge in [-0.2, -0.15) is 5.10 Å². The molecule has 0 unspecified atom stereocenters. The topological polar surface area (TPSA) is 159 Å². The van der Waals surface area contributed by atoms with E-state index in [9.17, 15) is 24.8 Å². The molecule has 1 amide bonds. The first kappa shape index (κ1) is 25.5. The summed E-state index contributed by atoms with van der Waals surface area (Å²) in [5.74, 6) is -1.13. The summed E-state index contributed by atoms with van der Waals surface area (Å²) in [6, 6.07) is 12.1. The van der Waals surface area contributed by atoms with Crippen LogP contribution in [0.2, 0.25) is 0 Å². The standard InChI is InChI=1S/C24H21N3O9/c1-33-20-11-14(12-21(34-2)22(20)35-3)24(30)36-19-9-8-16(27(31)32)10-15(19)13-25-26-23(29)17-6-4-5-7-18(17)28/h4-13,28H,1-3H3,(H,26,29)/b25-13+. The molecule has 12 nitrogen and oxygen atoms in total. The van der Waals surface area contributed by atoms with Crippen LogP contribution < -0.4 is 24.4 Å². The molecule has 3 rings (SSSR count). The number of benzene rings is 3. The van der Waals surface area contributed by atoms with Crippen molar-refractivity contribution in [2.45, 2.75) is 0 Å². The molecule has 0 heterocycles. The van der Waals surface area contributed by atoms with Gasteiger partial charge in [0.15, 0.2) is 11.5 Å². The molecule has 0 bridgehead atoms. The van der Waals surface area contributed by atoms with E-state index < -0.39 is 16.8 Å². The molecule has 0 atom stereocenters. The molecule has 2 N–H and O–H groups in total. The Morgan fingerprint density at radius 2 is 1.64 bits per heavy atom. The van der Waals surface area contributed by atoms with E-state index in [0.29, 0.717) is 0 Å². The second-order valence-electron chi connectivity index (χ2n) is 7.00. The van der Waals surface area contributed by atoms with Gasteiger partial charge in [-0.3, -0.25) is 14.9 Å². The summed E-state index contributed by atoms with van der Waals surface area (Å²) in [5, 5.41) is 24.8. The van der Waals surface area contributed by atoms with Gasteiger partial charge in [-0.15, -0.1) is 0 Å². The molecule has 0 fully saturated rings. The zero-order valence-corrected chi connectivity index (χ0v) is 19.4. The maximum absolute atomic E-state index is 12.9. The van der Waals surface area contributed by atoms with Crippen molar-refractivity contribution >= 4 is 23.8 Å². The van der Waals surface area contributed by atoms with Crippen molar-refractivity contribution in [3.05, 3.63) is 81.4 Å². The van der Waals surface area contributed by atoms with E-state index >= 15 is 0 Å². The Balaban J connectivity index is 1.89. The molecule has 0 aromatic heterocycles. The predicted molar refractivity (Wildman–Crippen MR) is 127 cm³/mol. The minimum absolute atomic E-state index is 0.0252. The first-order chi connectivity index (χ1) is 17.3. The number of amides is 1. The van der Waals surface area contributed by atoms with Crippen molar-refractivity contribution in [3.8, 4) is 28.7 Å². The third-order valence-corrected chi connectivity index (χ3v) is 4.83. The average molecular weight is 495 g/mol. The number of nitrogens with one attached hydrogen (secondary N) is 1. The molecular weight excluding hydrogens is 474 g/mol. The number of nitro benzene ring substituents is 1. The molecule has 0 saturated heterocycles. The van der Waals surface area contributed by atoms with Crippen LogP contribution in [0.3, 0.4) is 0 Å². The lowest BCUT2D eigenvalue weighted by Crippen LogP contribution is -2.18. The average Bonchev–Trinajstić information content (AvgIpc) is 2.88. The molecule has 0 aliphatic carbocycles. The fourth-order valence-corrected chi connectivity index (χ4v) is 3.09. The van der Waals surface area contributed by atoms with Gasteiger partial charge in [0.1, 0.15) is 11.5 Å². The number of methoxy groups -OCH3 is 3. The highest BCUT2D eigenvalue weighted by atomic mass is 16.6. The Morgan fingerprint density at radius 3 is 2.22 bits per heavy atom. The van der Waals surface area contributed by atoms with Crippen LogP contribution in [0.5, 0.6) is 28.7 Å². The normalized spacial score (nSPS) is 10.5. The zero-order chi connectivity index (χ0) is 26.2. The Morgan fingerprint density at radius 1 is 0.972 bits per heavy atom. The van der Waals surface area contributed by atoms with Crippen LogP contribution in [-0.4, -0.2) is 49.5 Å². The quantitative estimate of drug-likeness (QED) is 0.149. The minimum atomic E-state index is -0.823. The maximum atomic E-state index is 12.9. The number of esters is 1. The van der Waals surface area contributed by atoms with Crippen molar-refractivity contribution < 1.29 is 38.6 Å². The van der Waals surface area contributed by atoms with E-state index in [1.54, 1.807) is 12.1 Å². The van der Waals surface area contributed by atoms with Crippen LogP contribution in [0, 0.1) is 10.1 Å². The molecule has 0 saturated carbocycles. The van der Waals surface area contributed by atoms with Crippen molar-refractivity contribution in [1.29, 1.82) is 0 Å². The Kier molecular flexibility index (Phi) is 8.02. The molecule has 0 aliphatic heterocycles. The van der Waals surface area contributed by atoms with Crippen LogP contribution in [-0.2, 0) is 0 Å². The number of rotatable bonds is 9. The van der Waals surface area contributed by atoms with Crippen molar-refractivity contribution in [3.63, 3.8) is 0 Å². The molecule has 0 spiro atoms. The first-order valence-corrected chi connectivity index (χ1v) is 10.2. The fourth-order valence-electron chi connectivity index (χ4n) is 3.09. The monoisotopic (exact) mass is 495 g/mol. The number of non-ortho nitro benzene ring substituents is 1. The van der Waals surface area contributed by atoms with Gasteiger partial charge in [0.05, 0.1) is 43.6 Å². The molecule has 12 heteroatoms. The number of aromatic hydroxyl groups is 1. The summed E-state index contributed by atoms with van der Waals surface area (Å²) in [6.07, 6.45) is 1.07. The van der Waals surface area contributed by atoms with Gasteiger partial charge in [0, 0.05) is 17.7 Å². The van der Waals surface area contributed by atoms with Crippen LogP contribution in [0.15, 0.2) is 59.7 Å². The van der Waals surface area contributed by atoms with Gasteiger partial charge < -0.3 is 24.1 Å². The largest absolute Gasteiger partial charge is 0.507 e. The molecule has 3 aromatic rings. The van der Waals surface area contributed by atoms with Gasteiger partial charge in [0.2, 0.25) is 5.75 Å². The summed E-state index contributed by atoms with van der Waals surface area (Å²) in [5.41, 5.74) is 1.97. The number of hydrogen-bond donors (Lipinski definition) is 2. The number of carbonyl (C=O) groups is 2. The molecule has 186 valence electrons. The van der Waals surface area contributed by atoms with Crippen LogP contribution >= 0.6 is 0 Å². The molecule has 0 radical (unpaired) electrons. The summed E-state index contributed by atoms with van der Waals surface area (Å²) in [6.45, 7) is 0. The number of nitro groups is 1. The zero-order valence-electron chi connectivity index (χ0n) is 19.4. The van der Waals surface area contributed by atoms with E-state index in [1.807, 2.05) is 0 Å². The van der Waals surface area contributed by atoms with E-state index in [1.165, 1.54) is 51.7 Å². The predicted octanol–water partition coefficient (Wildman–Crippen LogP) is 3.31. The second-order valence-corrected chi connectivity index (χ2v) is 7.00. The summed E-state index contributed by atoms with van der Waals surface area (Å²) in [7, 11) is 4.19. The van der Waals surface area contributed by atoms with E-state index in [4.69, 9.17) is 18.9 Å². The number of para-hydroxylation sites is 1. The van der Waals surface area contributed by atoms with Gasteiger partial charge in [-0.1, -0.05) is 12.1 Å². The van der Waals surface area contributed by atoms with Gasteiger partial charge in [0.25, 0.3) is 11.6 Å². The summed E-state index contributed by atoms with van der Waals surface area (Å²) in [4.78, 5) is 35.7. The SMILES string of the molecule is COc1cc(C(=O)Oc2ccc([N+](=O)[O-])cc2/C=N/NC(=O)c2ccccc2O)cc(OC)c1OC. The van der Waals surface area contributed by atoms with Crippen LogP contribution in [0.25, 0.3) is 0 Å². The first-order valence-electron chi connectivity index (χ1n) is 10.2. The minimum Gasteiger partial charge on any atom is -0.507 e. The number of carbonyl (C=O) groups excluding carboxylic acids is 2. The number of ether oxygens (including phenoxy) is 4. The lowest BCUT2D eigenvalue weighted by Gasteiger charge is -2.14. The van der Waals surface area contributed by atoms with Crippen LogP contribution in [0.1, 0.15) is 26.3 Å². The van der Waals surface area contributed by atoms with Gasteiger partial charge in [-0.25, -0.2) is 10.2 Å². The molecule has 36 heavy (non-hydrogen) atoms. The third kappa shape index (κ3) is 5.67. The van der Waals surface area contributed by atoms with Crippen molar-refractivity contribution in [2.75, 3.05) is 21.3 Å². The van der Waals surface area contributed by atoms with Crippen molar-refractivity contribution in [2.24, 2.45) is 5.10 Å². The highest BCUT2D eigenvalue weighted by Gasteiger charge is 2.20. The Labute approximate surface area is 204 Å². The smallest absolute Gasteiger partial charge is 0.343 e. The number of hydrogen-bond acceptors (Lipinski definition) is 10. The highest BCUT2D eigenvalue weighted by molar-refractivity contribution is 5.98. The number of phenolic OH excluding ortho intramolecular Hbond substituents is 1. The maximum Gasteiger partial charge on any atom is 0.343 e. The van der Waals surface area contributed by atoms with Gasteiger partial charge >= 0.3 is 5.97 Å². The lowest BCUT2D eigenvalue weighted by atomic mass is 10.1. The molecular formula is C24H21N3O9. The van der Waals surface area contributed by atoms with Gasteiger partial charge in [-0.05, 0) is 30.3 Å². The third-order valence-electron chi connectivity index (χ3n) is 4.83.